The van der Waals surface area contributed by atoms with Crippen LogP contribution in [-0.4, -0.2) is 48.1 Å². The van der Waals surface area contributed by atoms with Crippen LogP contribution in [0.4, 0.5) is 5.69 Å². The fourth-order valence-corrected chi connectivity index (χ4v) is 3.52. The number of rotatable bonds is 7. The van der Waals surface area contributed by atoms with Gasteiger partial charge in [0.05, 0.1) is 13.2 Å². The van der Waals surface area contributed by atoms with E-state index < -0.39 is 6.10 Å². The maximum Gasteiger partial charge on any atom is 0.254 e. The Hall–Kier alpha value is -2.86. The van der Waals surface area contributed by atoms with Gasteiger partial charge in [0.15, 0.2) is 0 Å². The van der Waals surface area contributed by atoms with E-state index >= 15 is 0 Å². The van der Waals surface area contributed by atoms with Crippen molar-refractivity contribution in [1.82, 2.24) is 4.90 Å². The van der Waals surface area contributed by atoms with Crippen molar-refractivity contribution in [1.29, 1.82) is 0 Å². The summed E-state index contributed by atoms with van der Waals surface area (Å²) in [5.74, 6) is 0.635. The van der Waals surface area contributed by atoms with E-state index in [2.05, 4.69) is 5.32 Å². The Kier molecular flexibility index (Phi) is 7.25. The summed E-state index contributed by atoms with van der Waals surface area (Å²) in [4.78, 5) is 26.6. The molecule has 0 radical (unpaired) electrons. The molecule has 1 heterocycles. The van der Waals surface area contributed by atoms with Crippen LogP contribution in [0.5, 0.6) is 5.75 Å². The van der Waals surface area contributed by atoms with E-state index in [0.717, 1.165) is 37.0 Å². The lowest BCUT2D eigenvalue weighted by Gasteiger charge is -2.30. The van der Waals surface area contributed by atoms with Gasteiger partial charge in [-0.25, -0.2) is 0 Å². The number of anilines is 1. The number of carbonyl (C=O) groups is 2. The van der Waals surface area contributed by atoms with Gasteiger partial charge in [-0.2, -0.15) is 0 Å². The SMILES string of the molecule is COc1ccc(CCCC(=O)Nc2cccc(C(=O)N3CCC[C@@H](O)C3)c2)cc1. The van der Waals surface area contributed by atoms with E-state index in [4.69, 9.17) is 4.74 Å². The molecule has 1 saturated heterocycles. The number of methoxy groups -OCH3 is 1. The standard InChI is InChI=1S/C23H28N2O4/c1-29-21-12-10-17(11-13-21)5-2-9-22(27)24-19-7-3-6-18(15-19)23(28)25-14-4-8-20(26)16-25/h3,6-7,10-13,15,20,26H,2,4-5,8-9,14,16H2,1H3,(H,24,27)/t20-/m1/s1. The normalized spacial score (nSPS) is 16.3. The Balaban J connectivity index is 1.49. The lowest BCUT2D eigenvalue weighted by molar-refractivity contribution is -0.116. The Labute approximate surface area is 171 Å². The molecule has 1 aliphatic heterocycles. The van der Waals surface area contributed by atoms with Crippen molar-refractivity contribution in [3.63, 3.8) is 0 Å². The van der Waals surface area contributed by atoms with Crippen molar-refractivity contribution in [2.45, 2.75) is 38.2 Å². The topological polar surface area (TPSA) is 78.9 Å². The molecule has 29 heavy (non-hydrogen) atoms. The molecule has 0 bridgehead atoms. The molecule has 6 nitrogen and oxygen atoms in total. The minimum absolute atomic E-state index is 0.0727. The third-order valence-corrected chi connectivity index (χ3v) is 5.11. The highest BCUT2D eigenvalue weighted by atomic mass is 16.5. The number of aliphatic hydroxyl groups excluding tert-OH is 1. The molecule has 0 spiro atoms. The first kappa shape index (κ1) is 20.9. The van der Waals surface area contributed by atoms with Gasteiger partial charge < -0.3 is 20.1 Å². The summed E-state index contributed by atoms with van der Waals surface area (Å²) in [6.07, 6.45) is 3.04. The first-order valence-corrected chi connectivity index (χ1v) is 10.1. The molecule has 0 saturated carbocycles. The quantitative estimate of drug-likeness (QED) is 0.753. The fraction of sp³-hybridized carbons (Fsp3) is 0.391. The molecule has 2 N–H and O–H groups in total. The zero-order chi connectivity index (χ0) is 20.6. The molecule has 1 fully saturated rings. The largest absolute Gasteiger partial charge is 0.497 e. The number of β-amino-alcohol motifs (C(OH)–C–C–N with tert-alkyl or cyclic N) is 1. The lowest BCUT2D eigenvalue weighted by atomic mass is 10.1. The van der Waals surface area contributed by atoms with Crippen LogP contribution >= 0.6 is 0 Å². The number of likely N-dealkylation sites (tertiary alicyclic amines) is 1. The number of hydrogen-bond donors (Lipinski definition) is 2. The molecule has 0 aliphatic carbocycles. The summed E-state index contributed by atoms with van der Waals surface area (Å²) in [6, 6.07) is 14.8. The summed E-state index contributed by atoms with van der Waals surface area (Å²) >= 11 is 0. The van der Waals surface area contributed by atoms with Gasteiger partial charge in [0.25, 0.3) is 5.91 Å². The van der Waals surface area contributed by atoms with Crippen molar-refractivity contribution < 1.29 is 19.4 Å². The van der Waals surface area contributed by atoms with Crippen molar-refractivity contribution >= 4 is 17.5 Å². The number of aryl methyl sites for hydroxylation is 1. The summed E-state index contributed by atoms with van der Waals surface area (Å²) < 4.78 is 5.15. The highest BCUT2D eigenvalue weighted by Crippen LogP contribution is 2.18. The zero-order valence-corrected chi connectivity index (χ0v) is 16.8. The van der Waals surface area contributed by atoms with Gasteiger partial charge in [-0.3, -0.25) is 9.59 Å². The molecule has 0 unspecified atom stereocenters. The second-order valence-electron chi connectivity index (χ2n) is 7.38. The number of benzene rings is 2. The van der Waals surface area contributed by atoms with E-state index in [1.807, 2.05) is 24.3 Å². The smallest absolute Gasteiger partial charge is 0.254 e. The summed E-state index contributed by atoms with van der Waals surface area (Å²) in [6.45, 7) is 1.01. The van der Waals surface area contributed by atoms with Crippen LogP contribution in [-0.2, 0) is 11.2 Å². The molecular weight excluding hydrogens is 368 g/mol. The molecule has 0 aromatic heterocycles. The van der Waals surface area contributed by atoms with E-state index in [0.29, 0.717) is 30.8 Å². The highest BCUT2D eigenvalue weighted by Gasteiger charge is 2.23. The van der Waals surface area contributed by atoms with E-state index in [1.165, 1.54) is 0 Å². The van der Waals surface area contributed by atoms with Crippen LogP contribution in [0.3, 0.4) is 0 Å². The molecule has 1 atom stereocenters. The van der Waals surface area contributed by atoms with E-state index in [9.17, 15) is 14.7 Å². The van der Waals surface area contributed by atoms with Crippen LogP contribution in [0, 0.1) is 0 Å². The molecule has 6 heteroatoms. The molecule has 2 amide bonds. The third kappa shape index (κ3) is 6.06. The second kappa shape index (κ2) is 10.1. The molecule has 2 aromatic rings. The van der Waals surface area contributed by atoms with Gasteiger partial charge in [0.1, 0.15) is 5.75 Å². The first-order chi connectivity index (χ1) is 14.0. The number of nitrogens with one attached hydrogen (secondary N) is 1. The maximum atomic E-state index is 12.7. The minimum Gasteiger partial charge on any atom is -0.497 e. The average Bonchev–Trinajstić information content (AvgIpc) is 2.74. The number of aliphatic hydroxyl groups is 1. The van der Waals surface area contributed by atoms with Crippen molar-refractivity contribution in [3.05, 3.63) is 59.7 Å². The average molecular weight is 396 g/mol. The van der Waals surface area contributed by atoms with Crippen LogP contribution in [0.15, 0.2) is 48.5 Å². The van der Waals surface area contributed by atoms with Crippen LogP contribution < -0.4 is 10.1 Å². The summed E-state index contributed by atoms with van der Waals surface area (Å²) in [5, 5.41) is 12.7. The minimum atomic E-state index is -0.457. The summed E-state index contributed by atoms with van der Waals surface area (Å²) in [5.41, 5.74) is 2.30. The molecule has 3 rings (SSSR count). The zero-order valence-electron chi connectivity index (χ0n) is 16.8. The van der Waals surface area contributed by atoms with E-state index in [1.54, 1.807) is 36.3 Å². The van der Waals surface area contributed by atoms with Crippen molar-refractivity contribution in [3.8, 4) is 5.75 Å². The number of hydrogen-bond acceptors (Lipinski definition) is 4. The van der Waals surface area contributed by atoms with Crippen LogP contribution in [0.1, 0.15) is 41.6 Å². The predicted octanol–water partition coefficient (Wildman–Crippen LogP) is 3.25. The number of amides is 2. The molecular formula is C23H28N2O4. The Bertz CT molecular complexity index is 835. The van der Waals surface area contributed by atoms with Crippen LogP contribution in [0.2, 0.25) is 0 Å². The molecule has 1 aliphatic rings. The molecule has 2 aromatic carbocycles. The third-order valence-electron chi connectivity index (χ3n) is 5.11. The van der Waals surface area contributed by atoms with Crippen LogP contribution in [0.25, 0.3) is 0 Å². The van der Waals surface area contributed by atoms with Gasteiger partial charge in [-0.1, -0.05) is 18.2 Å². The van der Waals surface area contributed by atoms with Gasteiger partial charge in [-0.05, 0) is 61.6 Å². The van der Waals surface area contributed by atoms with Gasteiger partial charge >= 0.3 is 0 Å². The first-order valence-electron chi connectivity index (χ1n) is 10.1. The van der Waals surface area contributed by atoms with Gasteiger partial charge in [0.2, 0.25) is 5.91 Å². The maximum absolute atomic E-state index is 12.7. The number of piperidine rings is 1. The molecule has 154 valence electrons. The van der Waals surface area contributed by atoms with Gasteiger partial charge in [0, 0.05) is 30.8 Å². The van der Waals surface area contributed by atoms with Crippen molar-refractivity contribution in [2.75, 3.05) is 25.5 Å². The summed E-state index contributed by atoms with van der Waals surface area (Å²) in [7, 11) is 1.64. The number of nitrogens with zero attached hydrogens (tertiary/aromatic N) is 1. The highest BCUT2D eigenvalue weighted by molar-refractivity contribution is 5.97. The Morgan fingerprint density at radius 2 is 2.00 bits per heavy atom. The predicted molar refractivity (Wildman–Crippen MR) is 112 cm³/mol. The Morgan fingerprint density at radius 1 is 1.21 bits per heavy atom. The second-order valence-corrected chi connectivity index (χ2v) is 7.38. The van der Waals surface area contributed by atoms with E-state index in [-0.39, 0.29) is 11.8 Å². The Morgan fingerprint density at radius 3 is 2.72 bits per heavy atom. The monoisotopic (exact) mass is 396 g/mol. The number of ether oxygens (including phenoxy) is 1. The fourth-order valence-electron chi connectivity index (χ4n) is 3.52. The van der Waals surface area contributed by atoms with Crippen molar-refractivity contribution in [2.24, 2.45) is 0 Å². The van der Waals surface area contributed by atoms with Gasteiger partial charge in [-0.15, -0.1) is 0 Å². The number of carbonyl (C=O) groups excluding carboxylic acids is 2. The lowest BCUT2D eigenvalue weighted by Crippen LogP contribution is -2.42.